The van der Waals surface area contributed by atoms with E-state index in [1.54, 1.807) is 42.9 Å². The summed E-state index contributed by atoms with van der Waals surface area (Å²) in [6, 6.07) is 16.9. The van der Waals surface area contributed by atoms with Crippen LogP contribution in [-0.2, 0) is 0 Å². The molecule has 0 radical (unpaired) electrons. The van der Waals surface area contributed by atoms with Gasteiger partial charge < -0.3 is 13.9 Å². The quantitative estimate of drug-likeness (QED) is 0.259. The fraction of sp³-hybridized carbons (Fsp3) is 0. The van der Waals surface area contributed by atoms with Gasteiger partial charge in [-0.25, -0.2) is 4.98 Å². The molecule has 6 rings (SSSR count). The smallest absolute Gasteiger partial charge is 0.269 e. The highest BCUT2D eigenvalue weighted by atomic mass is 16.6. The minimum Gasteiger partial charge on any atom is -0.415 e. The van der Waals surface area contributed by atoms with Crippen LogP contribution in [-0.4, -0.2) is 40.2 Å². The zero-order valence-electron chi connectivity index (χ0n) is 18.3. The molecule has 1 N–H and O–H groups in total. The maximum atomic E-state index is 10.8. The van der Waals surface area contributed by atoms with Crippen LogP contribution >= 0.6 is 0 Å². The van der Waals surface area contributed by atoms with Gasteiger partial charge in [0, 0.05) is 46.8 Å². The first-order chi connectivity index (χ1) is 17.6. The summed E-state index contributed by atoms with van der Waals surface area (Å²) in [5, 5.41) is 23.0. The molecule has 0 spiro atoms. The van der Waals surface area contributed by atoms with Gasteiger partial charge in [0.25, 0.3) is 17.5 Å². The van der Waals surface area contributed by atoms with E-state index in [2.05, 4.69) is 35.3 Å². The number of H-pyrrole nitrogens is 1. The molecule has 0 fully saturated rings. The molecule has 0 unspecified atom stereocenters. The Bertz CT molecular complexity index is 1650. The van der Waals surface area contributed by atoms with Gasteiger partial charge in [0.05, 0.1) is 11.1 Å². The number of hydrogen-bond acceptors (Lipinski definition) is 10. The molecule has 0 saturated carbocycles. The number of non-ortho nitro benzene ring substituents is 1. The Labute approximate surface area is 201 Å². The molecule has 2 aromatic carbocycles. The number of hydrogen-bond donors (Lipinski definition) is 1. The van der Waals surface area contributed by atoms with Crippen molar-refractivity contribution in [3.63, 3.8) is 0 Å². The molecule has 4 aromatic heterocycles. The third-order valence-corrected chi connectivity index (χ3v) is 5.33. The van der Waals surface area contributed by atoms with Crippen molar-refractivity contribution in [2.24, 2.45) is 0 Å². The molecule has 12 heteroatoms. The Kier molecular flexibility index (Phi) is 5.07. The second-order valence-corrected chi connectivity index (χ2v) is 7.60. The average molecular weight is 478 g/mol. The van der Waals surface area contributed by atoms with E-state index in [4.69, 9.17) is 8.94 Å². The van der Waals surface area contributed by atoms with Crippen molar-refractivity contribution in [3.8, 4) is 57.3 Å². The Morgan fingerprint density at radius 3 is 2.19 bits per heavy atom. The first-order valence-corrected chi connectivity index (χ1v) is 10.6. The number of rotatable bonds is 6. The van der Waals surface area contributed by atoms with E-state index in [9.17, 15) is 10.1 Å². The molecule has 12 nitrogen and oxygen atoms in total. The minimum atomic E-state index is -0.464. The molecule has 174 valence electrons. The number of imidazole rings is 1. The summed E-state index contributed by atoms with van der Waals surface area (Å²) in [6.45, 7) is 0. The largest absolute Gasteiger partial charge is 0.415 e. The molecule has 0 aliphatic heterocycles. The number of nitro benzene ring substituents is 1. The van der Waals surface area contributed by atoms with Crippen LogP contribution < -0.4 is 0 Å². The van der Waals surface area contributed by atoms with E-state index >= 15 is 0 Å². The van der Waals surface area contributed by atoms with Gasteiger partial charge in [0.2, 0.25) is 11.7 Å². The van der Waals surface area contributed by atoms with Crippen LogP contribution in [0.3, 0.4) is 0 Å². The van der Waals surface area contributed by atoms with Gasteiger partial charge in [-0.3, -0.25) is 15.1 Å². The highest BCUT2D eigenvalue weighted by Crippen LogP contribution is 2.27. The van der Waals surface area contributed by atoms with Crippen molar-refractivity contribution in [2.45, 2.75) is 0 Å². The molecular weight excluding hydrogens is 464 g/mol. The molecule has 0 saturated heterocycles. The topological polar surface area (TPSA) is 163 Å². The normalized spacial score (nSPS) is 11.0. The Hall–Kier alpha value is -5.52. The van der Waals surface area contributed by atoms with Gasteiger partial charge in [-0.15, -0.1) is 10.2 Å². The third-order valence-electron chi connectivity index (χ3n) is 5.33. The van der Waals surface area contributed by atoms with Crippen molar-refractivity contribution in [3.05, 3.63) is 89.4 Å². The van der Waals surface area contributed by atoms with Crippen LogP contribution in [0, 0.1) is 10.1 Å². The lowest BCUT2D eigenvalue weighted by Gasteiger charge is -1.98. The second kappa shape index (κ2) is 8.68. The standard InChI is InChI=1S/C24H14N8O4/c33-32(34)18-7-5-16(6-8-18)22-28-21(31-36-22)15-3-1-14(2-4-15)20-26-13-19(27-20)24-30-29-23(35-24)17-9-11-25-12-10-17/h1-13H,(H,26,27). The first-order valence-electron chi connectivity index (χ1n) is 10.6. The zero-order valence-corrected chi connectivity index (χ0v) is 18.3. The summed E-state index contributed by atoms with van der Waals surface area (Å²) in [4.78, 5) is 26.4. The maximum absolute atomic E-state index is 10.8. The number of benzene rings is 2. The fourth-order valence-corrected chi connectivity index (χ4v) is 3.48. The van der Waals surface area contributed by atoms with Crippen LogP contribution in [0.1, 0.15) is 0 Å². The van der Waals surface area contributed by atoms with E-state index in [1.165, 1.54) is 12.1 Å². The number of nitrogens with zero attached hydrogens (tertiary/aromatic N) is 7. The molecule has 0 atom stereocenters. The number of aromatic nitrogens is 7. The van der Waals surface area contributed by atoms with E-state index in [0.29, 0.717) is 34.7 Å². The molecule has 36 heavy (non-hydrogen) atoms. The molecule has 0 amide bonds. The summed E-state index contributed by atoms with van der Waals surface area (Å²) < 4.78 is 11.1. The van der Waals surface area contributed by atoms with Crippen molar-refractivity contribution < 1.29 is 13.9 Å². The SMILES string of the molecule is O=[N+]([O-])c1ccc(-c2nc(-c3ccc(-c4ncc(-c5nnc(-c6ccncc6)o5)[nH]4)cc3)no2)cc1. The Morgan fingerprint density at radius 1 is 0.778 bits per heavy atom. The molecular formula is C24H14N8O4. The lowest BCUT2D eigenvalue weighted by Crippen LogP contribution is -1.87. The van der Waals surface area contributed by atoms with E-state index in [0.717, 1.165) is 16.7 Å². The Balaban J connectivity index is 1.19. The van der Waals surface area contributed by atoms with Crippen LogP contribution in [0.4, 0.5) is 5.69 Å². The molecule has 0 aliphatic carbocycles. The summed E-state index contributed by atoms with van der Waals surface area (Å²) in [6.07, 6.45) is 4.94. The average Bonchev–Trinajstić information content (AvgIpc) is 3.70. The summed E-state index contributed by atoms with van der Waals surface area (Å²) >= 11 is 0. The van der Waals surface area contributed by atoms with Crippen LogP contribution in [0.5, 0.6) is 0 Å². The lowest BCUT2D eigenvalue weighted by atomic mass is 10.1. The van der Waals surface area contributed by atoms with Crippen molar-refractivity contribution in [1.29, 1.82) is 0 Å². The van der Waals surface area contributed by atoms with Gasteiger partial charge in [0.1, 0.15) is 11.5 Å². The highest BCUT2D eigenvalue weighted by Gasteiger charge is 2.15. The number of nitro groups is 1. The maximum Gasteiger partial charge on any atom is 0.269 e. The molecule has 4 heterocycles. The second-order valence-electron chi connectivity index (χ2n) is 7.60. The van der Waals surface area contributed by atoms with Crippen LogP contribution in [0.15, 0.2) is 88.2 Å². The molecule has 6 aromatic rings. The zero-order chi connectivity index (χ0) is 24.5. The van der Waals surface area contributed by atoms with Gasteiger partial charge in [-0.1, -0.05) is 29.4 Å². The Morgan fingerprint density at radius 2 is 1.44 bits per heavy atom. The third kappa shape index (κ3) is 3.98. The number of nitrogens with one attached hydrogen (secondary N) is 1. The van der Waals surface area contributed by atoms with Crippen molar-refractivity contribution in [2.75, 3.05) is 0 Å². The highest BCUT2D eigenvalue weighted by molar-refractivity contribution is 5.66. The predicted molar refractivity (Wildman–Crippen MR) is 126 cm³/mol. The van der Waals surface area contributed by atoms with Crippen LogP contribution in [0.2, 0.25) is 0 Å². The van der Waals surface area contributed by atoms with Crippen molar-refractivity contribution in [1.82, 2.24) is 35.3 Å². The molecule has 0 aliphatic rings. The van der Waals surface area contributed by atoms with E-state index in [1.807, 2.05) is 24.3 Å². The monoisotopic (exact) mass is 478 g/mol. The summed E-state index contributed by atoms with van der Waals surface area (Å²) in [5.41, 5.74) is 3.51. The van der Waals surface area contributed by atoms with Gasteiger partial charge in [0.15, 0.2) is 0 Å². The van der Waals surface area contributed by atoms with Crippen molar-refractivity contribution >= 4 is 5.69 Å². The minimum absolute atomic E-state index is 0.0107. The lowest BCUT2D eigenvalue weighted by molar-refractivity contribution is -0.384. The van der Waals surface area contributed by atoms with Crippen LogP contribution in [0.25, 0.3) is 57.3 Å². The predicted octanol–water partition coefficient (Wildman–Crippen LogP) is 4.81. The summed E-state index contributed by atoms with van der Waals surface area (Å²) in [5.74, 6) is 2.00. The first kappa shape index (κ1) is 21.0. The molecule has 0 bridgehead atoms. The summed E-state index contributed by atoms with van der Waals surface area (Å²) in [7, 11) is 0. The number of aromatic amines is 1. The van der Waals surface area contributed by atoms with Gasteiger partial charge in [-0.05, 0) is 24.3 Å². The van der Waals surface area contributed by atoms with Gasteiger partial charge >= 0.3 is 0 Å². The van der Waals surface area contributed by atoms with E-state index < -0.39 is 4.92 Å². The van der Waals surface area contributed by atoms with E-state index in [-0.39, 0.29) is 11.6 Å². The fourth-order valence-electron chi connectivity index (χ4n) is 3.48. The number of pyridine rings is 1. The van der Waals surface area contributed by atoms with Gasteiger partial charge in [-0.2, -0.15) is 4.98 Å².